The number of nitrogens with zero attached hydrogens (tertiary/aromatic N) is 2. The molecule has 5 heteroatoms. The monoisotopic (exact) mass is 382 g/mol. The van der Waals surface area contributed by atoms with Crippen LogP contribution in [0, 0.1) is 0 Å². The Morgan fingerprint density at radius 1 is 1.11 bits per heavy atom. The summed E-state index contributed by atoms with van der Waals surface area (Å²) in [6.07, 6.45) is 4.42. The Morgan fingerprint density at radius 3 is 2.74 bits per heavy atom. The molecule has 2 heterocycles. The second-order valence-corrected chi connectivity index (χ2v) is 7.40. The molecule has 0 saturated carbocycles. The third kappa shape index (κ3) is 4.34. The molecule has 2 aliphatic rings. The number of ether oxygens (including phenoxy) is 1. The van der Waals surface area contributed by atoms with Gasteiger partial charge in [0.25, 0.3) is 0 Å². The molecular formula is C22H23ClN2O2. The van der Waals surface area contributed by atoms with Crippen molar-refractivity contribution in [2.24, 2.45) is 0 Å². The van der Waals surface area contributed by atoms with Crippen LogP contribution in [-0.4, -0.2) is 48.5 Å². The lowest BCUT2D eigenvalue weighted by Gasteiger charge is -2.34. The lowest BCUT2D eigenvalue weighted by atomic mass is 10.1. The molecule has 4 nitrogen and oxygen atoms in total. The molecule has 0 unspecified atom stereocenters. The molecule has 2 aromatic carbocycles. The number of halogens is 1. The van der Waals surface area contributed by atoms with E-state index >= 15 is 0 Å². The zero-order valence-electron chi connectivity index (χ0n) is 15.2. The Balaban J connectivity index is 1.29. The fraction of sp³-hybridized carbons (Fsp3) is 0.318. The lowest BCUT2D eigenvalue weighted by molar-refractivity contribution is -0.127. The summed E-state index contributed by atoms with van der Waals surface area (Å²) in [6.45, 7) is 4.99. The van der Waals surface area contributed by atoms with Crippen molar-refractivity contribution in [3.05, 3.63) is 70.3 Å². The molecule has 0 N–H and O–H groups in total. The standard InChI is InChI=1S/C22H23ClN2O2/c23-20-4-2-1-3-18(20)6-8-22(26)25-12-10-24(11-13-25)16-17-5-7-21-19(15-17)9-14-27-21/h1-8,15H,9-14,16H2/b8-6+. The molecule has 0 aromatic heterocycles. The van der Waals surface area contributed by atoms with E-state index in [2.05, 4.69) is 23.1 Å². The van der Waals surface area contributed by atoms with Gasteiger partial charge in [0, 0.05) is 50.2 Å². The van der Waals surface area contributed by atoms with Crippen LogP contribution < -0.4 is 4.74 Å². The third-order valence-corrected chi connectivity index (χ3v) is 5.50. The van der Waals surface area contributed by atoms with E-state index in [1.807, 2.05) is 29.2 Å². The van der Waals surface area contributed by atoms with Gasteiger partial charge in [-0.2, -0.15) is 0 Å². The second kappa shape index (κ2) is 8.15. The maximum absolute atomic E-state index is 12.4. The van der Waals surface area contributed by atoms with E-state index in [-0.39, 0.29) is 5.91 Å². The Bertz CT molecular complexity index is 857. The molecule has 2 aromatic rings. The van der Waals surface area contributed by atoms with Gasteiger partial charge in [0.1, 0.15) is 5.75 Å². The van der Waals surface area contributed by atoms with Crippen molar-refractivity contribution in [2.75, 3.05) is 32.8 Å². The minimum Gasteiger partial charge on any atom is -0.493 e. The average molecular weight is 383 g/mol. The van der Waals surface area contributed by atoms with Crippen molar-refractivity contribution in [2.45, 2.75) is 13.0 Å². The quantitative estimate of drug-likeness (QED) is 0.757. The predicted molar refractivity (Wildman–Crippen MR) is 108 cm³/mol. The minimum atomic E-state index is 0.0456. The van der Waals surface area contributed by atoms with Crippen LogP contribution >= 0.6 is 11.6 Å². The first kappa shape index (κ1) is 18.1. The first-order valence-electron chi connectivity index (χ1n) is 9.37. The van der Waals surface area contributed by atoms with Crippen molar-refractivity contribution in [1.29, 1.82) is 0 Å². The van der Waals surface area contributed by atoms with Gasteiger partial charge in [-0.3, -0.25) is 9.69 Å². The predicted octanol–water partition coefficient (Wildman–Crippen LogP) is 3.63. The molecule has 1 amide bonds. The van der Waals surface area contributed by atoms with Crippen molar-refractivity contribution in [3.8, 4) is 5.75 Å². The molecule has 2 aliphatic heterocycles. The Labute approximate surface area is 165 Å². The molecule has 1 fully saturated rings. The molecule has 0 aliphatic carbocycles. The number of hydrogen-bond donors (Lipinski definition) is 0. The molecule has 27 heavy (non-hydrogen) atoms. The highest BCUT2D eigenvalue weighted by Crippen LogP contribution is 2.26. The van der Waals surface area contributed by atoms with E-state index in [9.17, 15) is 4.79 Å². The molecule has 4 rings (SSSR count). The number of benzene rings is 2. The number of piperazine rings is 1. The summed E-state index contributed by atoms with van der Waals surface area (Å²) >= 11 is 6.13. The van der Waals surface area contributed by atoms with Gasteiger partial charge in [-0.25, -0.2) is 0 Å². The lowest BCUT2D eigenvalue weighted by Crippen LogP contribution is -2.47. The van der Waals surface area contributed by atoms with Crippen molar-refractivity contribution in [3.63, 3.8) is 0 Å². The molecule has 0 spiro atoms. The maximum atomic E-state index is 12.4. The minimum absolute atomic E-state index is 0.0456. The number of hydrogen-bond acceptors (Lipinski definition) is 3. The zero-order chi connectivity index (χ0) is 18.6. The molecule has 0 bridgehead atoms. The van der Waals surface area contributed by atoms with Gasteiger partial charge in [-0.15, -0.1) is 0 Å². The van der Waals surface area contributed by atoms with E-state index in [4.69, 9.17) is 16.3 Å². The van der Waals surface area contributed by atoms with Crippen LogP contribution in [0.1, 0.15) is 16.7 Å². The summed E-state index contributed by atoms with van der Waals surface area (Å²) in [6, 6.07) is 14.0. The first-order valence-corrected chi connectivity index (χ1v) is 9.75. The van der Waals surface area contributed by atoms with E-state index in [1.165, 1.54) is 11.1 Å². The smallest absolute Gasteiger partial charge is 0.246 e. The summed E-state index contributed by atoms with van der Waals surface area (Å²) < 4.78 is 5.57. The molecular weight excluding hydrogens is 360 g/mol. The van der Waals surface area contributed by atoms with Gasteiger partial charge in [0.05, 0.1) is 6.61 Å². The number of rotatable bonds is 4. The normalized spacial score (nSPS) is 17.1. The highest BCUT2D eigenvalue weighted by atomic mass is 35.5. The van der Waals surface area contributed by atoms with Crippen LogP contribution in [0.4, 0.5) is 0 Å². The number of carbonyl (C=O) groups is 1. The maximum Gasteiger partial charge on any atom is 0.246 e. The average Bonchev–Trinajstić information content (AvgIpc) is 3.15. The van der Waals surface area contributed by atoms with Crippen LogP contribution in [0.3, 0.4) is 0 Å². The Morgan fingerprint density at radius 2 is 1.93 bits per heavy atom. The third-order valence-electron chi connectivity index (χ3n) is 5.15. The van der Waals surface area contributed by atoms with Crippen LogP contribution in [0.15, 0.2) is 48.5 Å². The molecule has 1 saturated heterocycles. The van der Waals surface area contributed by atoms with Crippen molar-refractivity contribution in [1.82, 2.24) is 9.80 Å². The summed E-state index contributed by atoms with van der Waals surface area (Å²) in [5, 5.41) is 0.658. The van der Waals surface area contributed by atoms with Crippen molar-refractivity contribution >= 4 is 23.6 Å². The first-order chi connectivity index (χ1) is 13.2. The van der Waals surface area contributed by atoms with Crippen LogP contribution in [0.25, 0.3) is 6.08 Å². The van der Waals surface area contributed by atoms with E-state index < -0.39 is 0 Å². The number of fused-ring (bicyclic) bond motifs is 1. The largest absolute Gasteiger partial charge is 0.493 e. The van der Waals surface area contributed by atoms with Crippen LogP contribution in [-0.2, 0) is 17.8 Å². The topological polar surface area (TPSA) is 32.8 Å². The zero-order valence-corrected chi connectivity index (χ0v) is 16.0. The van der Waals surface area contributed by atoms with Gasteiger partial charge in [0.15, 0.2) is 0 Å². The fourth-order valence-corrected chi connectivity index (χ4v) is 3.80. The number of carbonyl (C=O) groups excluding carboxylic acids is 1. The highest BCUT2D eigenvalue weighted by molar-refractivity contribution is 6.32. The Kier molecular flexibility index (Phi) is 5.46. The van der Waals surface area contributed by atoms with E-state index in [0.717, 1.165) is 57.1 Å². The highest BCUT2D eigenvalue weighted by Gasteiger charge is 2.20. The summed E-state index contributed by atoms with van der Waals surface area (Å²) in [5.74, 6) is 1.07. The van der Waals surface area contributed by atoms with E-state index in [1.54, 1.807) is 12.2 Å². The Hall–Kier alpha value is -2.30. The van der Waals surface area contributed by atoms with Gasteiger partial charge in [-0.05, 0) is 34.9 Å². The summed E-state index contributed by atoms with van der Waals surface area (Å²) in [5.41, 5.74) is 3.50. The molecule has 0 radical (unpaired) electrons. The molecule has 0 atom stereocenters. The van der Waals surface area contributed by atoms with Crippen molar-refractivity contribution < 1.29 is 9.53 Å². The van der Waals surface area contributed by atoms with Gasteiger partial charge in [-0.1, -0.05) is 41.9 Å². The van der Waals surface area contributed by atoms with Gasteiger partial charge < -0.3 is 9.64 Å². The van der Waals surface area contributed by atoms with Crippen LogP contribution in [0.2, 0.25) is 5.02 Å². The number of amides is 1. The van der Waals surface area contributed by atoms with Gasteiger partial charge in [0.2, 0.25) is 5.91 Å². The van der Waals surface area contributed by atoms with E-state index in [0.29, 0.717) is 5.02 Å². The summed E-state index contributed by atoms with van der Waals surface area (Å²) in [7, 11) is 0. The van der Waals surface area contributed by atoms with Gasteiger partial charge >= 0.3 is 0 Å². The molecule has 140 valence electrons. The van der Waals surface area contributed by atoms with Crippen LogP contribution in [0.5, 0.6) is 5.75 Å². The SMILES string of the molecule is O=C(/C=C/c1ccccc1Cl)N1CCN(Cc2ccc3c(c2)CCO3)CC1. The second-order valence-electron chi connectivity index (χ2n) is 7.00. The fourth-order valence-electron chi connectivity index (χ4n) is 3.60. The summed E-state index contributed by atoms with van der Waals surface area (Å²) in [4.78, 5) is 16.7.